The molecule has 0 unspecified atom stereocenters. The van der Waals surface area contributed by atoms with Crippen LogP contribution in [-0.4, -0.2) is 53.9 Å². The number of sulfonamides is 1. The van der Waals surface area contributed by atoms with Gasteiger partial charge in [0.05, 0.1) is 32.8 Å². The van der Waals surface area contributed by atoms with Gasteiger partial charge in [0, 0.05) is 24.8 Å². The minimum absolute atomic E-state index is 0.0783. The van der Waals surface area contributed by atoms with Crippen LogP contribution in [0, 0.1) is 0 Å². The minimum atomic E-state index is -3.42. The number of methoxy groups -OCH3 is 3. The molecule has 2 amide bonds. The molecule has 2 N–H and O–H groups in total. The molecule has 10 nitrogen and oxygen atoms in total. The summed E-state index contributed by atoms with van der Waals surface area (Å²) in [7, 11) is 1.03. The highest BCUT2D eigenvalue weighted by atomic mass is 32.2. The molecule has 0 saturated carbocycles. The summed E-state index contributed by atoms with van der Waals surface area (Å²) in [4.78, 5) is 24.6. The minimum Gasteiger partial charge on any atom is -0.494 e. The second kappa shape index (κ2) is 10.4. The first kappa shape index (κ1) is 24.2. The molecule has 0 atom stereocenters. The fourth-order valence-corrected chi connectivity index (χ4v) is 5.11. The highest BCUT2D eigenvalue weighted by molar-refractivity contribution is 7.92. The van der Waals surface area contributed by atoms with E-state index in [1.807, 2.05) is 0 Å². The topological polar surface area (TPSA) is 123 Å². The van der Waals surface area contributed by atoms with Crippen molar-refractivity contribution in [1.29, 1.82) is 0 Å². The van der Waals surface area contributed by atoms with Crippen LogP contribution in [0.1, 0.15) is 18.4 Å². The van der Waals surface area contributed by atoms with E-state index in [0.717, 1.165) is 12.0 Å². The molecule has 33 heavy (non-hydrogen) atoms. The van der Waals surface area contributed by atoms with Crippen molar-refractivity contribution in [3.8, 4) is 17.2 Å². The van der Waals surface area contributed by atoms with Gasteiger partial charge in [-0.1, -0.05) is 6.07 Å². The summed E-state index contributed by atoms with van der Waals surface area (Å²) < 4.78 is 41.9. The van der Waals surface area contributed by atoms with E-state index in [2.05, 4.69) is 10.6 Å². The van der Waals surface area contributed by atoms with Crippen LogP contribution in [0.5, 0.6) is 17.2 Å². The monoisotopic (exact) mass is 477 g/mol. The van der Waals surface area contributed by atoms with Crippen LogP contribution in [-0.2, 0) is 26.2 Å². The number of nitrogens with zero attached hydrogens (tertiary/aromatic N) is 1. The quantitative estimate of drug-likeness (QED) is 0.584. The molecule has 0 bridgehead atoms. The van der Waals surface area contributed by atoms with E-state index in [9.17, 15) is 18.0 Å². The van der Waals surface area contributed by atoms with E-state index in [0.29, 0.717) is 35.8 Å². The van der Waals surface area contributed by atoms with E-state index in [1.54, 1.807) is 24.3 Å². The molecule has 3 rings (SSSR count). The Balaban J connectivity index is 1.65. The third kappa shape index (κ3) is 5.67. The largest absolute Gasteiger partial charge is 0.494 e. The van der Waals surface area contributed by atoms with Crippen LogP contribution in [0.25, 0.3) is 0 Å². The Bertz CT molecular complexity index is 1130. The first-order chi connectivity index (χ1) is 15.8. The Hall–Kier alpha value is -3.47. The third-order valence-electron chi connectivity index (χ3n) is 5.16. The van der Waals surface area contributed by atoms with E-state index in [1.165, 1.54) is 37.8 Å². The van der Waals surface area contributed by atoms with Crippen molar-refractivity contribution in [3.05, 3.63) is 42.0 Å². The molecule has 0 spiro atoms. The molecular weight excluding hydrogens is 450 g/mol. The number of ether oxygens (including phenoxy) is 3. The van der Waals surface area contributed by atoms with Gasteiger partial charge < -0.3 is 24.8 Å². The van der Waals surface area contributed by atoms with Crippen LogP contribution in [0.3, 0.4) is 0 Å². The molecule has 11 heteroatoms. The Labute approximate surface area is 192 Å². The van der Waals surface area contributed by atoms with Crippen molar-refractivity contribution in [3.63, 3.8) is 0 Å². The van der Waals surface area contributed by atoms with Gasteiger partial charge in [-0.25, -0.2) is 8.42 Å². The SMILES string of the molecule is COc1ccc(CNC(=O)C(=O)Nc2ccc(N3CCCCS3(=O)=O)c(OC)c2)cc1OC. The number of benzene rings is 2. The number of carbonyl (C=O) groups is 2. The molecule has 1 saturated heterocycles. The van der Waals surface area contributed by atoms with Gasteiger partial charge in [0.2, 0.25) is 10.0 Å². The van der Waals surface area contributed by atoms with Crippen molar-refractivity contribution in [2.75, 3.05) is 43.2 Å². The fourth-order valence-electron chi connectivity index (χ4n) is 3.46. The predicted molar refractivity (Wildman–Crippen MR) is 123 cm³/mol. The van der Waals surface area contributed by atoms with Gasteiger partial charge in [-0.2, -0.15) is 0 Å². The van der Waals surface area contributed by atoms with Crippen molar-refractivity contribution in [1.82, 2.24) is 5.32 Å². The number of carbonyl (C=O) groups excluding carboxylic acids is 2. The Morgan fingerprint density at radius 3 is 2.30 bits per heavy atom. The second-order valence-electron chi connectivity index (χ2n) is 7.31. The molecule has 1 heterocycles. The average molecular weight is 478 g/mol. The summed E-state index contributed by atoms with van der Waals surface area (Å²) in [5, 5.41) is 5.04. The first-order valence-corrected chi connectivity index (χ1v) is 11.9. The van der Waals surface area contributed by atoms with Crippen molar-refractivity contribution >= 4 is 33.2 Å². The van der Waals surface area contributed by atoms with Gasteiger partial charge >= 0.3 is 11.8 Å². The smallest absolute Gasteiger partial charge is 0.313 e. The summed E-state index contributed by atoms with van der Waals surface area (Å²) in [6.07, 6.45) is 1.37. The molecular formula is C22H27N3O7S. The van der Waals surface area contributed by atoms with Crippen LogP contribution in [0.2, 0.25) is 0 Å². The number of hydrogen-bond donors (Lipinski definition) is 2. The first-order valence-electron chi connectivity index (χ1n) is 10.3. The normalized spacial score (nSPS) is 14.8. The molecule has 1 fully saturated rings. The van der Waals surface area contributed by atoms with Crippen molar-refractivity contribution in [2.45, 2.75) is 19.4 Å². The van der Waals surface area contributed by atoms with Gasteiger partial charge in [0.1, 0.15) is 5.75 Å². The fraction of sp³-hybridized carbons (Fsp3) is 0.364. The van der Waals surface area contributed by atoms with Gasteiger partial charge in [-0.15, -0.1) is 0 Å². The Morgan fingerprint density at radius 2 is 1.64 bits per heavy atom. The Kier molecular flexibility index (Phi) is 7.64. The zero-order valence-corrected chi connectivity index (χ0v) is 19.5. The maximum atomic E-state index is 12.4. The van der Waals surface area contributed by atoms with Crippen molar-refractivity contribution in [2.24, 2.45) is 0 Å². The molecule has 0 aromatic heterocycles. The molecule has 0 radical (unpaired) electrons. The van der Waals surface area contributed by atoms with Gasteiger partial charge in [-0.05, 0) is 42.7 Å². The molecule has 2 aromatic carbocycles. The zero-order valence-electron chi connectivity index (χ0n) is 18.7. The summed E-state index contributed by atoms with van der Waals surface area (Å²) in [6, 6.07) is 9.73. The molecule has 1 aliphatic heterocycles. The number of anilines is 2. The second-order valence-corrected chi connectivity index (χ2v) is 9.32. The van der Waals surface area contributed by atoms with Crippen LogP contribution in [0.4, 0.5) is 11.4 Å². The molecule has 178 valence electrons. The summed E-state index contributed by atoms with van der Waals surface area (Å²) >= 11 is 0. The highest BCUT2D eigenvalue weighted by Crippen LogP contribution is 2.35. The lowest BCUT2D eigenvalue weighted by molar-refractivity contribution is -0.136. The molecule has 0 aliphatic carbocycles. The number of rotatable bonds is 7. The van der Waals surface area contributed by atoms with E-state index in [-0.39, 0.29) is 18.0 Å². The summed E-state index contributed by atoms with van der Waals surface area (Å²) in [5.41, 5.74) is 1.42. The zero-order chi connectivity index (χ0) is 24.0. The lowest BCUT2D eigenvalue weighted by Gasteiger charge is -2.29. The molecule has 2 aromatic rings. The third-order valence-corrected chi connectivity index (χ3v) is 7.02. The average Bonchev–Trinajstić information content (AvgIpc) is 2.82. The van der Waals surface area contributed by atoms with Crippen molar-refractivity contribution < 1.29 is 32.2 Å². The lowest BCUT2D eigenvalue weighted by Crippen LogP contribution is -2.38. The number of hydrogen-bond acceptors (Lipinski definition) is 7. The van der Waals surface area contributed by atoms with Crippen LogP contribution in [0.15, 0.2) is 36.4 Å². The maximum Gasteiger partial charge on any atom is 0.313 e. The van der Waals surface area contributed by atoms with E-state index >= 15 is 0 Å². The van der Waals surface area contributed by atoms with Gasteiger partial charge in [0.25, 0.3) is 0 Å². The van der Waals surface area contributed by atoms with Gasteiger partial charge in [0.15, 0.2) is 11.5 Å². The van der Waals surface area contributed by atoms with Crippen LogP contribution >= 0.6 is 0 Å². The lowest BCUT2D eigenvalue weighted by atomic mass is 10.2. The number of nitrogens with one attached hydrogen (secondary N) is 2. The summed E-state index contributed by atoms with van der Waals surface area (Å²) in [6.45, 7) is 0.477. The summed E-state index contributed by atoms with van der Waals surface area (Å²) in [5.74, 6) is -0.266. The number of amides is 2. The van der Waals surface area contributed by atoms with E-state index in [4.69, 9.17) is 14.2 Å². The van der Waals surface area contributed by atoms with Gasteiger partial charge in [-0.3, -0.25) is 13.9 Å². The van der Waals surface area contributed by atoms with Crippen LogP contribution < -0.4 is 29.1 Å². The standard InChI is InChI=1S/C22H27N3O7S/c1-30-18-9-6-15(12-20(18)32-3)14-23-21(26)22(27)24-16-7-8-17(19(13-16)31-2)25-10-4-5-11-33(25,28)29/h6-9,12-13H,4-5,10-11,14H2,1-3H3,(H,23,26)(H,24,27). The maximum absolute atomic E-state index is 12.4. The Morgan fingerprint density at radius 1 is 0.909 bits per heavy atom. The molecule has 1 aliphatic rings. The highest BCUT2D eigenvalue weighted by Gasteiger charge is 2.28. The van der Waals surface area contributed by atoms with E-state index < -0.39 is 21.8 Å². The predicted octanol–water partition coefficient (Wildman–Crippen LogP) is 1.90.